The number of hydrogen-bond donors (Lipinski definition) is 0. The van der Waals surface area contributed by atoms with Crippen LogP contribution in [0.15, 0.2) is 82.7 Å². The van der Waals surface area contributed by atoms with Gasteiger partial charge in [0.2, 0.25) is 0 Å². The highest BCUT2D eigenvalue weighted by atomic mass is 32.2. The Labute approximate surface area is 182 Å². The second kappa shape index (κ2) is 6.72. The third-order valence-corrected chi connectivity index (χ3v) is 8.37. The third kappa shape index (κ3) is 2.99. The minimum atomic E-state index is -3.86. The number of para-hydroxylation sites is 1. The van der Waals surface area contributed by atoms with Crippen molar-refractivity contribution in [3.05, 3.63) is 95.1 Å². The quantitative estimate of drug-likeness (QED) is 0.517. The van der Waals surface area contributed by atoms with E-state index in [-0.39, 0.29) is 16.1 Å². The molecule has 5 heteroatoms. The predicted octanol–water partition coefficient (Wildman–Crippen LogP) is 5.45. The summed E-state index contributed by atoms with van der Waals surface area (Å²) in [5, 5.41) is -1.02. The SMILES string of the molecule is CC(C)(C)c1ccc([C@H]2[C@@H]3C(=O)c4ccccc4C3=Nc3ccccc3S2(=O)=O)cc1. The van der Waals surface area contributed by atoms with Crippen molar-refractivity contribution < 1.29 is 13.2 Å². The molecule has 0 unspecified atom stereocenters. The molecule has 0 spiro atoms. The van der Waals surface area contributed by atoms with E-state index in [1.54, 1.807) is 36.4 Å². The molecule has 2 atom stereocenters. The first-order valence-electron chi connectivity index (χ1n) is 10.3. The summed E-state index contributed by atoms with van der Waals surface area (Å²) in [7, 11) is -3.86. The highest BCUT2D eigenvalue weighted by molar-refractivity contribution is 7.92. The highest BCUT2D eigenvalue weighted by Crippen LogP contribution is 2.48. The van der Waals surface area contributed by atoms with Crippen molar-refractivity contribution in [3.8, 4) is 0 Å². The van der Waals surface area contributed by atoms with Gasteiger partial charge in [-0.3, -0.25) is 9.79 Å². The molecule has 1 aliphatic carbocycles. The van der Waals surface area contributed by atoms with E-state index in [1.807, 2.05) is 36.4 Å². The lowest BCUT2D eigenvalue weighted by molar-refractivity contribution is 0.0958. The Balaban J connectivity index is 1.78. The number of hydrogen-bond acceptors (Lipinski definition) is 4. The fourth-order valence-electron chi connectivity index (χ4n) is 4.57. The van der Waals surface area contributed by atoms with E-state index in [2.05, 4.69) is 20.8 Å². The summed E-state index contributed by atoms with van der Waals surface area (Å²) in [4.78, 5) is 18.4. The van der Waals surface area contributed by atoms with Gasteiger partial charge in [0.1, 0.15) is 5.25 Å². The molecule has 156 valence electrons. The molecule has 0 N–H and O–H groups in total. The fraction of sp³-hybridized carbons (Fsp3) is 0.231. The number of carbonyl (C=O) groups is 1. The van der Waals surface area contributed by atoms with Crippen LogP contribution in [0.2, 0.25) is 0 Å². The molecule has 0 saturated carbocycles. The van der Waals surface area contributed by atoms with Crippen molar-refractivity contribution in [2.75, 3.05) is 0 Å². The second-order valence-electron chi connectivity index (χ2n) is 9.19. The van der Waals surface area contributed by atoms with Gasteiger partial charge in [-0.2, -0.15) is 0 Å². The molecule has 2 aliphatic rings. The van der Waals surface area contributed by atoms with Crippen molar-refractivity contribution >= 4 is 27.0 Å². The van der Waals surface area contributed by atoms with Gasteiger partial charge in [0.25, 0.3) is 0 Å². The number of fused-ring (bicyclic) bond motifs is 4. The summed E-state index contributed by atoms with van der Waals surface area (Å²) in [5.74, 6) is -1.05. The first kappa shape index (κ1) is 19.9. The molecule has 3 aromatic rings. The fourth-order valence-corrected chi connectivity index (χ4v) is 6.64. The van der Waals surface area contributed by atoms with Gasteiger partial charge in [0.05, 0.1) is 22.2 Å². The van der Waals surface area contributed by atoms with Crippen LogP contribution in [-0.2, 0) is 15.3 Å². The Morgan fingerprint density at radius 3 is 2.10 bits per heavy atom. The molecule has 5 rings (SSSR count). The number of nitrogens with zero attached hydrogens (tertiary/aromatic N) is 1. The summed E-state index contributed by atoms with van der Waals surface area (Å²) in [6.07, 6.45) is 0. The minimum absolute atomic E-state index is 0.0561. The van der Waals surface area contributed by atoms with E-state index >= 15 is 0 Å². The van der Waals surface area contributed by atoms with Gasteiger partial charge < -0.3 is 0 Å². The molecule has 0 aromatic heterocycles. The van der Waals surface area contributed by atoms with Crippen LogP contribution in [0, 0.1) is 5.92 Å². The molecular formula is C26H23NO3S. The normalized spacial score (nSPS) is 21.5. The van der Waals surface area contributed by atoms with E-state index in [9.17, 15) is 13.2 Å². The number of ketones is 1. The second-order valence-corrected chi connectivity index (χ2v) is 11.2. The van der Waals surface area contributed by atoms with Crippen molar-refractivity contribution in [2.45, 2.75) is 36.3 Å². The predicted molar refractivity (Wildman–Crippen MR) is 122 cm³/mol. The van der Waals surface area contributed by atoms with Gasteiger partial charge in [0, 0.05) is 11.1 Å². The number of benzene rings is 3. The average molecular weight is 430 g/mol. The van der Waals surface area contributed by atoms with Gasteiger partial charge >= 0.3 is 0 Å². The van der Waals surface area contributed by atoms with Gasteiger partial charge in [-0.1, -0.05) is 81.4 Å². The van der Waals surface area contributed by atoms with Crippen LogP contribution < -0.4 is 0 Å². The van der Waals surface area contributed by atoms with Gasteiger partial charge in [-0.05, 0) is 28.7 Å². The molecule has 1 heterocycles. The zero-order valence-electron chi connectivity index (χ0n) is 17.7. The smallest absolute Gasteiger partial charge is 0.188 e. The average Bonchev–Trinajstić information content (AvgIpc) is 2.94. The molecule has 0 fully saturated rings. The molecule has 0 radical (unpaired) electrons. The lowest BCUT2D eigenvalue weighted by Crippen LogP contribution is -2.29. The van der Waals surface area contributed by atoms with Crippen LogP contribution in [0.25, 0.3) is 0 Å². The summed E-state index contributed by atoms with van der Waals surface area (Å²) in [6.45, 7) is 6.34. The molecule has 0 saturated heterocycles. The zero-order chi connectivity index (χ0) is 22.0. The van der Waals surface area contributed by atoms with Crippen molar-refractivity contribution in [3.63, 3.8) is 0 Å². The van der Waals surface area contributed by atoms with E-state index in [4.69, 9.17) is 4.99 Å². The molecular weight excluding hydrogens is 406 g/mol. The maximum Gasteiger partial charge on any atom is 0.188 e. The van der Waals surface area contributed by atoms with Crippen LogP contribution in [-0.4, -0.2) is 19.9 Å². The summed E-state index contributed by atoms with van der Waals surface area (Å²) >= 11 is 0. The maximum absolute atomic E-state index is 13.9. The standard InChI is InChI=1S/C26H23NO3S/c1-26(2,3)17-14-12-16(13-15-17)25-22-23(18-8-4-5-9-19(18)24(22)28)27-20-10-6-7-11-21(20)31(25,29)30/h4-15,22,25H,1-3H3/t22-,25-/m0/s1. The Morgan fingerprint density at radius 2 is 1.42 bits per heavy atom. The van der Waals surface area contributed by atoms with Gasteiger partial charge in [-0.25, -0.2) is 8.42 Å². The molecule has 0 amide bonds. The number of Topliss-reactive ketones (excluding diaryl/α,β-unsaturated/α-hetero) is 1. The van der Waals surface area contributed by atoms with E-state index in [1.165, 1.54) is 0 Å². The number of rotatable bonds is 1. The zero-order valence-corrected chi connectivity index (χ0v) is 18.5. The third-order valence-electron chi connectivity index (χ3n) is 6.20. The number of aliphatic imine (C=N–C) groups is 1. The molecule has 0 bridgehead atoms. The Kier molecular flexibility index (Phi) is 4.31. The first-order chi connectivity index (χ1) is 14.7. The largest absolute Gasteiger partial charge is 0.293 e. The van der Waals surface area contributed by atoms with Crippen LogP contribution in [0.4, 0.5) is 5.69 Å². The monoisotopic (exact) mass is 429 g/mol. The number of carbonyl (C=O) groups excluding carboxylic acids is 1. The Morgan fingerprint density at radius 1 is 0.806 bits per heavy atom. The summed E-state index contributed by atoms with van der Waals surface area (Å²) in [6, 6.07) is 21.7. The van der Waals surface area contributed by atoms with Crippen molar-refractivity contribution in [1.82, 2.24) is 0 Å². The van der Waals surface area contributed by atoms with Gasteiger partial charge in [0.15, 0.2) is 15.6 Å². The first-order valence-corrected chi connectivity index (χ1v) is 11.9. The summed E-state index contributed by atoms with van der Waals surface area (Å²) in [5.41, 5.74) is 3.86. The van der Waals surface area contributed by atoms with E-state index in [0.717, 1.165) is 11.1 Å². The minimum Gasteiger partial charge on any atom is -0.293 e. The van der Waals surface area contributed by atoms with E-state index < -0.39 is 21.0 Å². The molecule has 1 aliphatic heterocycles. The van der Waals surface area contributed by atoms with Crippen LogP contribution in [0.1, 0.15) is 53.1 Å². The van der Waals surface area contributed by atoms with Crippen molar-refractivity contribution in [1.29, 1.82) is 0 Å². The van der Waals surface area contributed by atoms with Crippen LogP contribution in [0.5, 0.6) is 0 Å². The molecule has 4 nitrogen and oxygen atoms in total. The lowest BCUT2D eigenvalue weighted by atomic mass is 9.85. The van der Waals surface area contributed by atoms with E-state index in [0.29, 0.717) is 22.5 Å². The molecule has 31 heavy (non-hydrogen) atoms. The highest BCUT2D eigenvalue weighted by Gasteiger charge is 2.50. The Hall–Kier alpha value is -3.05. The topological polar surface area (TPSA) is 63.6 Å². The molecule has 3 aromatic carbocycles. The summed E-state index contributed by atoms with van der Waals surface area (Å²) < 4.78 is 27.8. The van der Waals surface area contributed by atoms with Gasteiger partial charge in [-0.15, -0.1) is 0 Å². The van der Waals surface area contributed by atoms with Crippen molar-refractivity contribution in [2.24, 2.45) is 10.9 Å². The number of sulfone groups is 1. The maximum atomic E-state index is 13.9. The lowest BCUT2D eigenvalue weighted by Gasteiger charge is -2.24. The Bertz CT molecular complexity index is 1350. The van der Waals surface area contributed by atoms with Crippen LogP contribution >= 0.6 is 0 Å². The van der Waals surface area contributed by atoms with Crippen LogP contribution in [0.3, 0.4) is 0 Å².